The topological polar surface area (TPSA) is 29.9 Å². The van der Waals surface area contributed by atoms with Crippen LogP contribution in [0.1, 0.15) is 23.9 Å². The van der Waals surface area contributed by atoms with Crippen molar-refractivity contribution in [3.05, 3.63) is 28.1 Å². The third kappa shape index (κ3) is 3.08. The Labute approximate surface area is 96.1 Å². The monoisotopic (exact) mass is 227 g/mol. The molecule has 0 atom stereocenters. The van der Waals surface area contributed by atoms with Gasteiger partial charge in [-0.15, -0.1) is 0 Å². The Balaban J connectivity index is 2.58. The molecule has 0 aliphatic rings. The Morgan fingerprint density at radius 2 is 2.20 bits per heavy atom. The molecular formula is C11H18ClN3. The minimum absolute atomic E-state index is 0.817. The zero-order valence-electron chi connectivity index (χ0n) is 9.76. The van der Waals surface area contributed by atoms with E-state index in [0.717, 1.165) is 24.4 Å². The van der Waals surface area contributed by atoms with Crippen LogP contribution in [0.3, 0.4) is 0 Å². The number of halogens is 1. The van der Waals surface area contributed by atoms with E-state index in [1.54, 1.807) is 5.54 Å². The number of rotatable bonds is 4. The standard InChI is InChI=1S/C11H18ClN3/c1-8(5-12)6-13-7-11-9(2)14-15(4)10(11)3/h5,13H,6-7H2,1-4H3. The zero-order valence-corrected chi connectivity index (χ0v) is 10.5. The van der Waals surface area contributed by atoms with Crippen LogP contribution in [0.25, 0.3) is 0 Å². The Morgan fingerprint density at radius 1 is 1.53 bits per heavy atom. The molecule has 0 bridgehead atoms. The molecule has 84 valence electrons. The molecule has 1 rings (SSSR count). The van der Waals surface area contributed by atoms with Gasteiger partial charge in [0.25, 0.3) is 0 Å². The SMILES string of the molecule is CC(=CCl)CNCc1c(C)nn(C)c1C. The first-order chi connectivity index (χ1) is 7.06. The van der Waals surface area contributed by atoms with Crippen LogP contribution in [-0.2, 0) is 13.6 Å². The first kappa shape index (κ1) is 12.3. The second kappa shape index (κ2) is 5.33. The van der Waals surface area contributed by atoms with Crippen LogP contribution in [0.5, 0.6) is 0 Å². The summed E-state index contributed by atoms with van der Waals surface area (Å²) in [6.45, 7) is 7.78. The zero-order chi connectivity index (χ0) is 11.4. The molecule has 0 fully saturated rings. The molecule has 0 aromatic carbocycles. The Bertz CT molecular complexity index is 366. The largest absolute Gasteiger partial charge is 0.309 e. The van der Waals surface area contributed by atoms with E-state index in [1.807, 2.05) is 25.6 Å². The molecule has 0 spiro atoms. The van der Waals surface area contributed by atoms with Crippen molar-refractivity contribution in [1.29, 1.82) is 0 Å². The lowest BCUT2D eigenvalue weighted by Crippen LogP contribution is -2.16. The van der Waals surface area contributed by atoms with E-state index in [-0.39, 0.29) is 0 Å². The van der Waals surface area contributed by atoms with Crippen molar-refractivity contribution in [2.75, 3.05) is 6.54 Å². The van der Waals surface area contributed by atoms with Gasteiger partial charge in [-0.05, 0) is 26.3 Å². The Kier molecular flexibility index (Phi) is 4.36. The number of nitrogens with one attached hydrogen (secondary N) is 1. The van der Waals surface area contributed by atoms with Gasteiger partial charge in [0.2, 0.25) is 0 Å². The lowest BCUT2D eigenvalue weighted by molar-refractivity contribution is 0.717. The van der Waals surface area contributed by atoms with E-state index in [2.05, 4.69) is 17.3 Å². The van der Waals surface area contributed by atoms with Gasteiger partial charge >= 0.3 is 0 Å². The molecule has 3 nitrogen and oxygen atoms in total. The van der Waals surface area contributed by atoms with Crippen LogP contribution in [0.15, 0.2) is 11.1 Å². The highest BCUT2D eigenvalue weighted by molar-refractivity contribution is 6.25. The molecule has 4 heteroatoms. The Hall–Kier alpha value is -0.800. The number of aromatic nitrogens is 2. The molecule has 1 aromatic heterocycles. The van der Waals surface area contributed by atoms with Crippen LogP contribution < -0.4 is 5.32 Å². The van der Waals surface area contributed by atoms with Crippen molar-refractivity contribution in [2.24, 2.45) is 7.05 Å². The quantitative estimate of drug-likeness (QED) is 0.855. The van der Waals surface area contributed by atoms with E-state index in [1.165, 1.54) is 11.3 Å². The average Bonchev–Trinajstić information content (AvgIpc) is 2.44. The van der Waals surface area contributed by atoms with Crippen LogP contribution in [0.4, 0.5) is 0 Å². The first-order valence-electron chi connectivity index (χ1n) is 5.02. The maximum absolute atomic E-state index is 5.58. The fourth-order valence-electron chi connectivity index (χ4n) is 1.50. The van der Waals surface area contributed by atoms with Crippen LogP contribution in [0, 0.1) is 13.8 Å². The molecule has 1 N–H and O–H groups in total. The Morgan fingerprint density at radius 3 is 2.67 bits per heavy atom. The third-order valence-corrected chi connectivity index (χ3v) is 2.92. The molecule has 0 aliphatic carbocycles. The van der Waals surface area contributed by atoms with Crippen LogP contribution >= 0.6 is 11.6 Å². The van der Waals surface area contributed by atoms with Gasteiger partial charge in [0.15, 0.2) is 0 Å². The van der Waals surface area contributed by atoms with Gasteiger partial charge in [-0.1, -0.05) is 11.6 Å². The summed E-state index contributed by atoms with van der Waals surface area (Å²) >= 11 is 5.58. The van der Waals surface area contributed by atoms with Crippen molar-refractivity contribution < 1.29 is 0 Å². The van der Waals surface area contributed by atoms with E-state index in [0.29, 0.717) is 0 Å². The van der Waals surface area contributed by atoms with E-state index in [9.17, 15) is 0 Å². The first-order valence-corrected chi connectivity index (χ1v) is 5.45. The number of nitrogens with zero attached hydrogens (tertiary/aromatic N) is 2. The molecule has 1 heterocycles. The molecule has 0 amide bonds. The predicted molar refractivity (Wildman–Crippen MR) is 64.0 cm³/mol. The highest BCUT2D eigenvalue weighted by atomic mass is 35.5. The molecule has 1 aromatic rings. The number of hydrogen-bond donors (Lipinski definition) is 1. The molecule has 0 saturated carbocycles. The minimum Gasteiger partial charge on any atom is -0.309 e. The summed E-state index contributed by atoms with van der Waals surface area (Å²) in [5.41, 5.74) is 6.33. The van der Waals surface area contributed by atoms with Crippen molar-refractivity contribution in [3.8, 4) is 0 Å². The van der Waals surface area contributed by atoms with Gasteiger partial charge in [0.1, 0.15) is 0 Å². The second-order valence-corrected chi connectivity index (χ2v) is 4.05. The van der Waals surface area contributed by atoms with Crippen LogP contribution in [0.2, 0.25) is 0 Å². The van der Waals surface area contributed by atoms with Crippen molar-refractivity contribution in [2.45, 2.75) is 27.3 Å². The highest BCUT2D eigenvalue weighted by Crippen LogP contribution is 2.11. The highest BCUT2D eigenvalue weighted by Gasteiger charge is 2.07. The summed E-state index contributed by atoms with van der Waals surface area (Å²) in [6.07, 6.45) is 0. The average molecular weight is 228 g/mol. The van der Waals surface area contributed by atoms with Gasteiger partial charge in [-0.3, -0.25) is 4.68 Å². The van der Waals surface area contributed by atoms with Crippen molar-refractivity contribution >= 4 is 11.6 Å². The van der Waals surface area contributed by atoms with E-state index >= 15 is 0 Å². The van der Waals surface area contributed by atoms with E-state index in [4.69, 9.17) is 11.6 Å². The summed E-state index contributed by atoms with van der Waals surface area (Å²) in [4.78, 5) is 0. The summed E-state index contributed by atoms with van der Waals surface area (Å²) < 4.78 is 1.91. The summed E-state index contributed by atoms with van der Waals surface area (Å²) in [7, 11) is 1.97. The predicted octanol–water partition coefficient (Wildman–Crippen LogP) is 2.27. The second-order valence-electron chi connectivity index (χ2n) is 3.83. The smallest absolute Gasteiger partial charge is 0.0641 e. The summed E-state index contributed by atoms with van der Waals surface area (Å²) in [5.74, 6) is 0. The van der Waals surface area contributed by atoms with Gasteiger partial charge < -0.3 is 5.32 Å². The third-order valence-electron chi connectivity index (χ3n) is 2.55. The normalized spacial score (nSPS) is 12.2. The summed E-state index contributed by atoms with van der Waals surface area (Å²) in [6, 6.07) is 0. The van der Waals surface area contributed by atoms with Crippen molar-refractivity contribution in [1.82, 2.24) is 15.1 Å². The molecule has 0 saturated heterocycles. The lowest BCUT2D eigenvalue weighted by atomic mass is 10.2. The number of aryl methyl sites for hydroxylation is 2. The molecule has 15 heavy (non-hydrogen) atoms. The molecular weight excluding hydrogens is 210 g/mol. The van der Waals surface area contributed by atoms with Gasteiger partial charge in [-0.2, -0.15) is 5.10 Å². The fourth-order valence-corrected chi connectivity index (χ4v) is 1.57. The van der Waals surface area contributed by atoms with E-state index < -0.39 is 0 Å². The maximum Gasteiger partial charge on any atom is 0.0641 e. The fraction of sp³-hybridized carbons (Fsp3) is 0.545. The van der Waals surface area contributed by atoms with Crippen LogP contribution in [-0.4, -0.2) is 16.3 Å². The molecule has 0 unspecified atom stereocenters. The van der Waals surface area contributed by atoms with Gasteiger partial charge in [-0.25, -0.2) is 0 Å². The van der Waals surface area contributed by atoms with Gasteiger partial charge in [0.05, 0.1) is 5.69 Å². The minimum atomic E-state index is 0.817. The van der Waals surface area contributed by atoms with Crippen molar-refractivity contribution in [3.63, 3.8) is 0 Å². The molecule has 0 radical (unpaired) electrons. The maximum atomic E-state index is 5.58. The number of hydrogen-bond acceptors (Lipinski definition) is 2. The summed E-state index contributed by atoms with van der Waals surface area (Å²) in [5, 5.41) is 7.71. The lowest BCUT2D eigenvalue weighted by Gasteiger charge is -2.05. The van der Waals surface area contributed by atoms with Gasteiger partial charge in [0, 0.05) is 36.9 Å². The molecule has 0 aliphatic heterocycles.